The van der Waals surface area contributed by atoms with Crippen LogP contribution in [0.1, 0.15) is 0 Å². The molecule has 0 saturated heterocycles. The van der Waals surface area contributed by atoms with Crippen LogP contribution in [-0.4, -0.2) is 18.9 Å². The highest BCUT2D eigenvalue weighted by atomic mass is 16.2. The van der Waals surface area contributed by atoms with Gasteiger partial charge in [0.15, 0.2) is 0 Å². The molecule has 2 amide bonds. The van der Waals surface area contributed by atoms with E-state index in [2.05, 4.69) is 10.6 Å². The fourth-order valence-corrected chi connectivity index (χ4v) is 0.985. The lowest BCUT2D eigenvalue weighted by Crippen LogP contribution is -2.16. The van der Waals surface area contributed by atoms with Crippen molar-refractivity contribution in [1.29, 1.82) is 0 Å². The number of rotatable bonds is 3. The number of hydrogen-bond donors (Lipinski definition) is 3. The predicted octanol–water partition coefficient (Wildman–Crippen LogP) is 0.509. The maximum atomic E-state index is 11.3. The van der Waals surface area contributed by atoms with Gasteiger partial charge < -0.3 is 16.4 Å². The number of nitrogen functional groups attached to an aromatic ring is 1. The van der Waals surface area contributed by atoms with Crippen molar-refractivity contribution in [2.24, 2.45) is 0 Å². The molecular weight excluding hydrogens is 206 g/mol. The lowest BCUT2D eigenvalue weighted by atomic mass is 10.3. The van der Waals surface area contributed by atoms with E-state index in [1.165, 1.54) is 7.05 Å². The van der Waals surface area contributed by atoms with E-state index in [0.29, 0.717) is 11.4 Å². The molecule has 0 spiro atoms. The molecule has 0 unspecified atom stereocenters. The summed E-state index contributed by atoms with van der Waals surface area (Å²) in [6.07, 6.45) is 2.32. The summed E-state index contributed by atoms with van der Waals surface area (Å²) in [6, 6.07) is 6.72. The van der Waals surface area contributed by atoms with Gasteiger partial charge in [-0.3, -0.25) is 9.59 Å². The molecule has 0 aliphatic carbocycles. The van der Waals surface area contributed by atoms with E-state index in [1.54, 1.807) is 24.3 Å². The van der Waals surface area contributed by atoms with Crippen molar-refractivity contribution in [3.63, 3.8) is 0 Å². The molecule has 0 saturated carbocycles. The first kappa shape index (κ1) is 11.8. The fraction of sp³-hybridized carbons (Fsp3) is 0.0909. The SMILES string of the molecule is CNC(=O)/C=C/C(=O)Nc1ccc(N)cc1. The van der Waals surface area contributed by atoms with Crippen molar-refractivity contribution in [1.82, 2.24) is 5.32 Å². The van der Waals surface area contributed by atoms with Crippen LogP contribution in [0.2, 0.25) is 0 Å². The van der Waals surface area contributed by atoms with Crippen LogP contribution in [0.15, 0.2) is 36.4 Å². The molecule has 0 aliphatic rings. The van der Waals surface area contributed by atoms with Gasteiger partial charge in [0.1, 0.15) is 0 Å². The van der Waals surface area contributed by atoms with E-state index in [4.69, 9.17) is 5.73 Å². The number of benzene rings is 1. The number of hydrogen-bond acceptors (Lipinski definition) is 3. The second kappa shape index (κ2) is 5.55. The first-order chi connectivity index (χ1) is 7.61. The Morgan fingerprint density at radius 1 is 1.12 bits per heavy atom. The lowest BCUT2D eigenvalue weighted by molar-refractivity contribution is -0.117. The summed E-state index contributed by atoms with van der Waals surface area (Å²) in [5.41, 5.74) is 6.74. The number of carbonyl (C=O) groups excluding carboxylic acids is 2. The quantitative estimate of drug-likeness (QED) is 0.511. The average molecular weight is 219 g/mol. The van der Waals surface area contributed by atoms with Gasteiger partial charge in [-0.05, 0) is 24.3 Å². The average Bonchev–Trinajstić information content (AvgIpc) is 2.29. The summed E-state index contributed by atoms with van der Waals surface area (Å²) in [7, 11) is 1.49. The number of nitrogens with two attached hydrogens (primary N) is 1. The number of nitrogens with one attached hydrogen (secondary N) is 2. The Bertz CT molecular complexity index is 410. The molecule has 0 fully saturated rings. The minimum atomic E-state index is -0.367. The number of anilines is 2. The normalized spacial score (nSPS) is 10.1. The maximum Gasteiger partial charge on any atom is 0.248 e. The van der Waals surface area contributed by atoms with Crippen LogP contribution in [0.25, 0.3) is 0 Å². The molecule has 4 N–H and O–H groups in total. The van der Waals surface area contributed by atoms with Gasteiger partial charge in [0, 0.05) is 30.6 Å². The fourth-order valence-electron chi connectivity index (χ4n) is 0.985. The molecule has 84 valence electrons. The highest BCUT2D eigenvalue weighted by Crippen LogP contribution is 2.10. The predicted molar refractivity (Wildman–Crippen MR) is 62.7 cm³/mol. The van der Waals surface area contributed by atoms with Crippen LogP contribution in [0.4, 0.5) is 11.4 Å². The zero-order valence-corrected chi connectivity index (χ0v) is 8.86. The van der Waals surface area contributed by atoms with Crippen molar-refractivity contribution < 1.29 is 9.59 Å². The van der Waals surface area contributed by atoms with Gasteiger partial charge in [-0.2, -0.15) is 0 Å². The molecule has 1 rings (SSSR count). The molecule has 0 bridgehead atoms. The molecule has 0 atom stereocenters. The molecule has 0 heterocycles. The standard InChI is InChI=1S/C11H13N3O2/c1-13-10(15)6-7-11(16)14-9-4-2-8(12)3-5-9/h2-7H,12H2,1H3,(H,13,15)(H,14,16)/b7-6+. The molecule has 1 aromatic rings. The topological polar surface area (TPSA) is 84.2 Å². The van der Waals surface area contributed by atoms with Gasteiger partial charge in [0.2, 0.25) is 11.8 Å². The van der Waals surface area contributed by atoms with Crippen molar-refractivity contribution >= 4 is 23.2 Å². The van der Waals surface area contributed by atoms with Crippen LogP contribution in [-0.2, 0) is 9.59 Å². The van der Waals surface area contributed by atoms with E-state index in [9.17, 15) is 9.59 Å². The van der Waals surface area contributed by atoms with Crippen molar-refractivity contribution in [2.75, 3.05) is 18.1 Å². The van der Waals surface area contributed by atoms with E-state index in [-0.39, 0.29) is 11.8 Å². The minimum absolute atomic E-state index is 0.326. The molecule has 16 heavy (non-hydrogen) atoms. The number of carbonyl (C=O) groups is 2. The maximum absolute atomic E-state index is 11.3. The summed E-state index contributed by atoms with van der Waals surface area (Å²) in [4.78, 5) is 22.1. The third-order valence-corrected chi connectivity index (χ3v) is 1.81. The monoisotopic (exact) mass is 219 g/mol. The molecule has 0 aliphatic heterocycles. The van der Waals surface area contributed by atoms with Gasteiger partial charge in [0.05, 0.1) is 0 Å². The van der Waals surface area contributed by atoms with Gasteiger partial charge >= 0.3 is 0 Å². The lowest BCUT2D eigenvalue weighted by Gasteiger charge is -2.01. The molecule has 5 nitrogen and oxygen atoms in total. The zero-order chi connectivity index (χ0) is 12.0. The van der Waals surface area contributed by atoms with Crippen LogP contribution in [0, 0.1) is 0 Å². The Morgan fingerprint density at radius 3 is 2.25 bits per heavy atom. The van der Waals surface area contributed by atoms with E-state index in [1.807, 2.05) is 0 Å². The van der Waals surface area contributed by atoms with Crippen LogP contribution in [0.3, 0.4) is 0 Å². The second-order valence-corrected chi connectivity index (χ2v) is 3.06. The molecule has 5 heteroatoms. The Hall–Kier alpha value is -2.30. The first-order valence-electron chi connectivity index (χ1n) is 4.68. The van der Waals surface area contributed by atoms with Crippen LogP contribution >= 0.6 is 0 Å². The molecule has 0 aromatic heterocycles. The number of likely N-dealkylation sites (N-methyl/N-ethyl adjacent to an activating group) is 1. The summed E-state index contributed by atoms with van der Waals surface area (Å²) in [6.45, 7) is 0. The minimum Gasteiger partial charge on any atom is -0.399 e. The Balaban J connectivity index is 2.55. The van der Waals surface area contributed by atoms with Gasteiger partial charge in [-0.1, -0.05) is 0 Å². The smallest absolute Gasteiger partial charge is 0.248 e. The van der Waals surface area contributed by atoms with Gasteiger partial charge in [-0.15, -0.1) is 0 Å². The van der Waals surface area contributed by atoms with Gasteiger partial charge in [0.25, 0.3) is 0 Å². The largest absolute Gasteiger partial charge is 0.399 e. The van der Waals surface area contributed by atoms with E-state index in [0.717, 1.165) is 12.2 Å². The molecular formula is C11H13N3O2. The molecule has 0 radical (unpaired) electrons. The third kappa shape index (κ3) is 3.83. The van der Waals surface area contributed by atoms with E-state index < -0.39 is 0 Å². The van der Waals surface area contributed by atoms with Crippen molar-refractivity contribution in [2.45, 2.75) is 0 Å². The summed E-state index contributed by atoms with van der Waals surface area (Å²) >= 11 is 0. The van der Waals surface area contributed by atoms with Gasteiger partial charge in [-0.25, -0.2) is 0 Å². The Kier molecular flexibility index (Phi) is 4.08. The highest BCUT2D eigenvalue weighted by molar-refractivity contribution is 6.03. The summed E-state index contributed by atoms with van der Waals surface area (Å²) in [5.74, 6) is -0.694. The molecule has 1 aromatic carbocycles. The van der Waals surface area contributed by atoms with Crippen molar-refractivity contribution in [3.05, 3.63) is 36.4 Å². The third-order valence-electron chi connectivity index (χ3n) is 1.81. The van der Waals surface area contributed by atoms with Crippen LogP contribution < -0.4 is 16.4 Å². The zero-order valence-electron chi connectivity index (χ0n) is 8.86. The first-order valence-corrected chi connectivity index (χ1v) is 4.68. The Morgan fingerprint density at radius 2 is 1.69 bits per heavy atom. The van der Waals surface area contributed by atoms with E-state index >= 15 is 0 Å². The second-order valence-electron chi connectivity index (χ2n) is 3.06. The highest BCUT2D eigenvalue weighted by Gasteiger charge is 1.98. The summed E-state index contributed by atoms with van der Waals surface area (Å²) < 4.78 is 0. The van der Waals surface area contributed by atoms with Crippen LogP contribution in [0.5, 0.6) is 0 Å². The number of amides is 2. The summed E-state index contributed by atoms with van der Waals surface area (Å²) in [5, 5.41) is 4.96. The Labute approximate surface area is 93.3 Å². The van der Waals surface area contributed by atoms with Crippen molar-refractivity contribution in [3.8, 4) is 0 Å².